The molecule has 0 bridgehead atoms. The van der Waals surface area contributed by atoms with E-state index in [0.717, 1.165) is 39.1 Å². The van der Waals surface area contributed by atoms with Crippen LogP contribution in [0.25, 0.3) is 0 Å². The topological polar surface area (TPSA) is 44.5 Å². The third-order valence-corrected chi connectivity index (χ3v) is 3.64. The highest BCUT2D eigenvalue weighted by atomic mass is 16.5. The van der Waals surface area contributed by atoms with Gasteiger partial charge in [0.25, 0.3) is 0 Å². The maximum Gasteiger partial charge on any atom is 0.0878 e. The van der Waals surface area contributed by atoms with Crippen molar-refractivity contribution in [2.45, 2.75) is 51.7 Å². The van der Waals surface area contributed by atoms with Crippen LogP contribution in [0.5, 0.6) is 0 Å². The SMILES string of the molecule is CCOC1(C(N)C(C)CC)CCOCC1. The first-order chi connectivity index (χ1) is 7.16. The lowest BCUT2D eigenvalue weighted by Gasteiger charge is -2.43. The van der Waals surface area contributed by atoms with Crippen LogP contribution >= 0.6 is 0 Å². The van der Waals surface area contributed by atoms with Crippen LogP contribution in [0.15, 0.2) is 0 Å². The van der Waals surface area contributed by atoms with Gasteiger partial charge in [-0.25, -0.2) is 0 Å². The molecule has 2 N–H and O–H groups in total. The van der Waals surface area contributed by atoms with Gasteiger partial charge in [0.1, 0.15) is 0 Å². The minimum atomic E-state index is -0.136. The Kier molecular flexibility index (Phi) is 5.03. The summed E-state index contributed by atoms with van der Waals surface area (Å²) in [7, 11) is 0. The minimum absolute atomic E-state index is 0.131. The molecule has 3 heteroatoms. The molecule has 0 aromatic rings. The molecule has 0 aromatic carbocycles. The van der Waals surface area contributed by atoms with E-state index in [4.69, 9.17) is 15.2 Å². The van der Waals surface area contributed by atoms with Gasteiger partial charge in [0.15, 0.2) is 0 Å². The number of ether oxygens (including phenoxy) is 2. The third kappa shape index (κ3) is 2.92. The van der Waals surface area contributed by atoms with Gasteiger partial charge in [0.05, 0.1) is 5.60 Å². The molecule has 1 rings (SSSR count). The highest BCUT2D eigenvalue weighted by Gasteiger charge is 2.41. The van der Waals surface area contributed by atoms with Crippen molar-refractivity contribution in [1.82, 2.24) is 0 Å². The zero-order chi connectivity index (χ0) is 11.3. The largest absolute Gasteiger partial charge is 0.381 e. The van der Waals surface area contributed by atoms with Crippen molar-refractivity contribution in [1.29, 1.82) is 0 Å². The van der Waals surface area contributed by atoms with Gasteiger partial charge in [-0.1, -0.05) is 20.3 Å². The zero-order valence-corrected chi connectivity index (χ0v) is 10.3. The van der Waals surface area contributed by atoms with Crippen molar-refractivity contribution in [2.24, 2.45) is 11.7 Å². The van der Waals surface area contributed by atoms with Crippen molar-refractivity contribution in [3.05, 3.63) is 0 Å². The van der Waals surface area contributed by atoms with E-state index in [1.54, 1.807) is 0 Å². The molecule has 1 fully saturated rings. The normalized spacial score (nSPS) is 24.8. The maximum absolute atomic E-state index is 6.34. The molecule has 0 saturated carbocycles. The van der Waals surface area contributed by atoms with Crippen molar-refractivity contribution in [3.63, 3.8) is 0 Å². The van der Waals surface area contributed by atoms with Gasteiger partial charge in [-0.2, -0.15) is 0 Å². The van der Waals surface area contributed by atoms with Gasteiger partial charge in [-0.3, -0.25) is 0 Å². The fourth-order valence-corrected chi connectivity index (χ4v) is 2.35. The molecule has 0 amide bonds. The van der Waals surface area contributed by atoms with E-state index in [-0.39, 0.29) is 11.6 Å². The minimum Gasteiger partial charge on any atom is -0.381 e. The molecule has 2 atom stereocenters. The van der Waals surface area contributed by atoms with Gasteiger partial charge in [-0.05, 0) is 12.8 Å². The Labute approximate surface area is 93.3 Å². The summed E-state index contributed by atoms with van der Waals surface area (Å²) >= 11 is 0. The second-order valence-electron chi connectivity index (χ2n) is 4.52. The van der Waals surface area contributed by atoms with E-state index < -0.39 is 0 Å². The van der Waals surface area contributed by atoms with Crippen LogP contribution in [0.3, 0.4) is 0 Å². The molecule has 1 aliphatic heterocycles. The Morgan fingerprint density at radius 3 is 2.40 bits per heavy atom. The first kappa shape index (κ1) is 12.9. The quantitative estimate of drug-likeness (QED) is 0.762. The van der Waals surface area contributed by atoms with E-state index in [1.807, 2.05) is 6.92 Å². The molecule has 2 unspecified atom stereocenters. The molecule has 3 nitrogen and oxygen atoms in total. The van der Waals surface area contributed by atoms with E-state index in [9.17, 15) is 0 Å². The average molecular weight is 215 g/mol. The van der Waals surface area contributed by atoms with Gasteiger partial charge < -0.3 is 15.2 Å². The number of hydrogen-bond acceptors (Lipinski definition) is 3. The fourth-order valence-electron chi connectivity index (χ4n) is 2.35. The molecule has 0 radical (unpaired) electrons. The Morgan fingerprint density at radius 1 is 1.33 bits per heavy atom. The molecule has 90 valence electrons. The van der Waals surface area contributed by atoms with Crippen molar-refractivity contribution >= 4 is 0 Å². The monoisotopic (exact) mass is 215 g/mol. The van der Waals surface area contributed by atoms with Gasteiger partial charge in [0.2, 0.25) is 0 Å². The Hall–Kier alpha value is -0.120. The molecule has 0 spiro atoms. The van der Waals surface area contributed by atoms with Crippen LogP contribution in [-0.4, -0.2) is 31.5 Å². The summed E-state index contributed by atoms with van der Waals surface area (Å²) in [6.45, 7) is 8.74. The summed E-state index contributed by atoms with van der Waals surface area (Å²) < 4.78 is 11.3. The third-order valence-electron chi connectivity index (χ3n) is 3.64. The van der Waals surface area contributed by atoms with E-state index in [0.29, 0.717) is 5.92 Å². The van der Waals surface area contributed by atoms with Crippen LogP contribution in [0.4, 0.5) is 0 Å². The highest BCUT2D eigenvalue weighted by molar-refractivity contribution is 4.95. The average Bonchev–Trinajstić information content (AvgIpc) is 2.28. The molecule has 15 heavy (non-hydrogen) atoms. The summed E-state index contributed by atoms with van der Waals surface area (Å²) in [5.41, 5.74) is 6.21. The molecular weight excluding hydrogens is 190 g/mol. The van der Waals surface area contributed by atoms with Crippen molar-refractivity contribution < 1.29 is 9.47 Å². The van der Waals surface area contributed by atoms with Crippen LogP contribution in [-0.2, 0) is 9.47 Å². The molecule has 0 aliphatic carbocycles. The Morgan fingerprint density at radius 2 is 1.93 bits per heavy atom. The maximum atomic E-state index is 6.34. The number of rotatable bonds is 5. The van der Waals surface area contributed by atoms with Crippen molar-refractivity contribution in [2.75, 3.05) is 19.8 Å². The van der Waals surface area contributed by atoms with Crippen molar-refractivity contribution in [3.8, 4) is 0 Å². The first-order valence-corrected chi connectivity index (χ1v) is 6.13. The molecule has 1 aliphatic rings. The highest BCUT2D eigenvalue weighted by Crippen LogP contribution is 2.32. The Balaban J connectivity index is 2.69. The van der Waals surface area contributed by atoms with Crippen LogP contribution in [0.1, 0.15) is 40.0 Å². The lowest BCUT2D eigenvalue weighted by Crippen LogP contribution is -2.56. The fraction of sp³-hybridized carbons (Fsp3) is 1.00. The molecule has 1 saturated heterocycles. The van der Waals surface area contributed by atoms with Gasteiger partial charge in [-0.15, -0.1) is 0 Å². The first-order valence-electron chi connectivity index (χ1n) is 6.13. The molecule has 1 heterocycles. The van der Waals surface area contributed by atoms with Gasteiger partial charge >= 0.3 is 0 Å². The number of hydrogen-bond donors (Lipinski definition) is 1. The Bertz CT molecular complexity index is 173. The lowest BCUT2D eigenvalue weighted by atomic mass is 9.79. The molecule has 0 aromatic heterocycles. The summed E-state index contributed by atoms with van der Waals surface area (Å²) in [6.07, 6.45) is 2.98. The summed E-state index contributed by atoms with van der Waals surface area (Å²) in [5, 5.41) is 0. The van der Waals surface area contributed by atoms with Crippen LogP contribution in [0.2, 0.25) is 0 Å². The lowest BCUT2D eigenvalue weighted by molar-refractivity contribution is -0.128. The van der Waals surface area contributed by atoms with Gasteiger partial charge in [0, 0.05) is 38.7 Å². The summed E-state index contributed by atoms with van der Waals surface area (Å²) in [6, 6.07) is 0.131. The van der Waals surface area contributed by atoms with Crippen LogP contribution in [0, 0.1) is 5.92 Å². The van der Waals surface area contributed by atoms with E-state index >= 15 is 0 Å². The summed E-state index contributed by atoms with van der Waals surface area (Å²) in [4.78, 5) is 0. The zero-order valence-electron chi connectivity index (χ0n) is 10.3. The van der Waals surface area contributed by atoms with E-state index in [1.165, 1.54) is 0 Å². The summed E-state index contributed by atoms with van der Waals surface area (Å²) in [5.74, 6) is 0.509. The standard InChI is InChI=1S/C12H25NO2/c1-4-10(3)11(13)12(15-5-2)6-8-14-9-7-12/h10-11H,4-9,13H2,1-3H3. The predicted molar refractivity (Wildman–Crippen MR) is 61.8 cm³/mol. The van der Waals surface area contributed by atoms with Crippen LogP contribution < -0.4 is 5.73 Å². The molecular formula is C12H25NO2. The second-order valence-corrected chi connectivity index (χ2v) is 4.52. The predicted octanol–water partition coefficient (Wildman–Crippen LogP) is 1.95. The van der Waals surface area contributed by atoms with E-state index in [2.05, 4.69) is 13.8 Å². The smallest absolute Gasteiger partial charge is 0.0878 e. The second kappa shape index (κ2) is 5.83. The number of nitrogens with two attached hydrogens (primary N) is 1.